The zero-order chi connectivity index (χ0) is 26.3. The predicted octanol–water partition coefficient (Wildman–Crippen LogP) is 1.31. The summed E-state index contributed by atoms with van der Waals surface area (Å²) in [6.07, 6.45) is 1.46. The number of benzene rings is 1. The highest BCUT2D eigenvalue weighted by molar-refractivity contribution is 6.21. The molecule has 0 fully saturated rings. The van der Waals surface area contributed by atoms with Crippen molar-refractivity contribution in [2.75, 3.05) is 11.1 Å². The van der Waals surface area contributed by atoms with Gasteiger partial charge < -0.3 is 15.6 Å². The van der Waals surface area contributed by atoms with Crippen LogP contribution in [-0.2, 0) is 26.3 Å². The number of hydrogen-bond acceptors (Lipinski definition) is 9. The lowest BCUT2D eigenvalue weighted by Gasteiger charge is -2.21. The van der Waals surface area contributed by atoms with Crippen molar-refractivity contribution in [1.29, 1.82) is 0 Å². The lowest BCUT2D eigenvalue weighted by Crippen LogP contribution is -2.52. The van der Waals surface area contributed by atoms with E-state index in [1.807, 2.05) is 31.2 Å². The van der Waals surface area contributed by atoms with Crippen molar-refractivity contribution < 1.29 is 18.9 Å². The van der Waals surface area contributed by atoms with Gasteiger partial charge in [-0.2, -0.15) is 5.10 Å². The molecule has 0 saturated carbocycles. The molecule has 0 bridgehead atoms. The number of nitrogens with two attached hydrogens (primary N) is 1. The Kier molecular flexibility index (Phi) is 5.66. The summed E-state index contributed by atoms with van der Waals surface area (Å²) >= 11 is 0. The molecule has 0 saturated heterocycles. The smallest absolute Gasteiger partial charge is 0.258 e. The number of aryl methyl sites for hydroxylation is 1. The zero-order valence-electron chi connectivity index (χ0n) is 20.2. The Hall–Kier alpha value is -5.07. The number of fused-ring (bicyclic) bond motifs is 1. The number of nitrogens with zero attached hydrogens (tertiary/aromatic N) is 5. The van der Waals surface area contributed by atoms with E-state index in [0.717, 1.165) is 11.1 Å². The largest absolute Gasteiger partial charge is 0.383 e. The van der Waals surface area contributed by atoms with E-state index in [4.69, 9.17) is 15.4 Å². The van der Waals surface area contributed by atoms with E-state index in [2.05, 4.69) is 31.3 Å². The highest BCUT2D eigenvalue weighted by atomic mass is 16.5. The lowest BCUT2D eigenvalue weighted by atomic mass is 9.83. The summed E-state index contributed by atoms with van der Waals surface area (Å²) in [6, 6.07) is 11.4. The van der Waals surface area contributed by atoms with Crippen LogP contribution in [-0.4, -0.2) is 42.6 Å². The van der Waals surface area contributed by atoms with E-state index in [1.165, 1.54) is 20.1 Å². The minimum Gasteiger partial charge on any atom is -0.383 e. The van der Waals surface area contributed by atoms with E-state index in [0.29, 0.717) is 23.6 Å². The first-order valence-corrected chi connectivity index (χ1v) is 11.3. The van der Waals surface area contributed by atoms with Gasteiger partial charge in [0.25, 0.3) is 5.91 Å². The zero-order valence-corrected chi connectivity index (χ0v) is 20.2. The quantitative estimate of drug-likeness (QED) is 0.231. The van der Waals surface area contributed by atoms with Gasteiger partial charge in [-0.15, -0.1) is 0 Å². The van der Waals surface area contributed by atoms with Crippen LogP contribution >= 0.6 is 0 Å². The molecule has 1 aliphatic heterocycles. The van der Waals surface area contributed by atoms with E-state index in [9.17, 15) is 14.4 Å². The number of amides is 3. The molecule has 0 radical (unpaired) electrons. The average Bonchev–Trinajstić information content (AvgIpc) is 3.58. The van der Waals surface area contributed by atoms with Crippen molar-refractivity contribution in [1.82, 2.24) is 35.8 Å². The maximum Gasteiger partial charge on any atom is 0.258 e. The molecule has 1 unspecified atom stereocenters. The van der Waals surface area contributed by atoms with Gasteiger partial charge in [-0.1, -0.05) is 29.4 Å². The number of rotatable bonds is 5. The van der Waals surface area contributed by atoms with Crippen LogP contribution in [0, 0.1) is 6.92 Å². The van der Waals surface area contributed by atoms with Gasteiger partial charge >= 0.3 is 0 Å². The van der Waals surface area contributed by atoms with Gasteiger partial charge in [0, 0.05) is 13.0 Å². The Morgan fingerprint density at radius 2 is 1.95 bits per heavy atom. The Labute approximate surface area is 210 Å². The first-order chi connectivity index (χ1) is 17.7. The summed E-state index contributed by atoms with van der Waals surface area (Å²) in [4.78, 5) is 45.7. The Morgan fingerprint density at radius 1 is 1.16 bits per heavy atom. The number of nitrogens with one attached hydrogen (secondary N) is 3. The van der Waals surface area contributed by atoms with E-state index < -0.39 is 23.1 Å². The molecule has 4 heterocycles. The van der Waals surface area contributed by atoms with Gasteiger partial charge in [0.2, 0.25) is 11.8 Å². The van der Waals surface area contributed by atoms with Crippen LogP contribution < -0.4 is 21.9 Å². The molecule has 1 atom stereocenters. The van der Waals surface area contributed by atoms with Crippen LogP contribution in [0.25, 0.3) is 22.9 Å². The Morgan fingerprint density at radius 3 is 2.65 bits per heavy atom. The summed E-state index contributed by atoms with van der Waals surface area (Å²) in [7, 11) is 0. The topological polar surface area (TPSA) is 183 Å². The second-order valence-corrected chi connectivity index (χ2v) is 8.75. The molecular formula is C24H23N9O4. The summed E-state index contributed by atoms with van der Waals surface area (Å²) in [6.45, 7) is 5.07. The molecule has 5 rings (SSSR count). The van der Waals surface area contributed by atoms with Crippen LogP contribution in [0.1, 0.15) is 30.5 Å². The number of carbonyl (C=O) groups is 3. The first-order valence-electron chi connectivity index (χ1n) is 11.3. The van der Waals surface area contributed by atoms with Gasteiger partial charge in [-0.25, -0.2) is 9.97 Å². The monoisotopic (exact) mass is 501 g/mol. The SMILES string of the molecule is CC(=O)NNC(=O)C1(C)C(=O)Nc2nc(-c3cc(-c4ccon4)n(Cc4ccccc4C)n3)nc(N)c21. The van der Waals surface area contributed by atoms with Crippen molar-refractivity contribution in [3.05, 3.63) is 59.4 Å². The molecular weight excluding hydrogens is 478 g/mol. The minimum atomic E-state index is -1.75. The number of nitrogen functional groups attached to an aromatic ring is 1. The molecule has 188 valence electrons. The van der Waals surface area contributed by atoms with Crippen molar-refractivity contribution in [3.63, 3.8) is 0 Å². The van der Waals surface area contributed by atoms with Crippen LogP contribution in [0.3, 0.4) is 0 Å². The second kappa shape index (κ2) is 8.86. The fraction of sp³-hybridized carbons (Fsp3) is 0.208. The minimum absolute atomic E-state index is 0.0738. The predicted molar refractivity (Wildman–Crippen MR) is 131 cm³/mol. The first kappa shape index (κ1) is 23.7. The molecule has 3 amide bonds. The average molecular weight is 502 g/mol. The van der Waals surface area contributed by atoms with Crippen LogP contribution in [0.2, 0.25) is 0 Å². The molecule has 13 heteroatoms. The number of aromatic nitrogens is 5. The molecule has 0 aliphatic carbocycles. The van der Waals surface area contributed by atoms with Gasteiger partial charge in [0.1, 0.15) is 29.3 Å². The second-order valence-electron chi connectivity index (χ2n) is 8.75. The van der Waals surface area contributed by atoms with E-state index in [1.54, 1.807) is 16.8 Å². The molecule has 0 spiro atoms. The van der Waals surface area contributed by atoms with E-state index >= 15 is 0 Å². The van der Waals surface area contributed by atoms with Gasteiger partial charge in [-0.3, -0.25) is 29.9 Å². The summed E-state index contributed by atoms with van der Waals surface area (Å²) in [5.74, 6) is -1.77. The van der Waals surface area contributed by atoms with Crippen LogP contribution in [0.5, 0.6) is 0 Å². The summed E-state index contributed by atoms with van der Waals surface area (Å²) < 4.78 is 6.79. The van der Waals surface area contributed by atoms with Gasteiger partial charge in [-0.05, 0) is 31.0 Å². The fourth-order valence-corrected chi connectivity index (χ4v) is 4.15. The van der Waals surface area contributed by atoms with Crippen LogP contribution in [0.15, 0.2) is 47.2 Å². The molecule has 5 N–H and O–H groups in total. The maximum atomic E-state index is 12.8. The third-order valence-electron chi connectivity index (χ3n) is 6.22. The lowest BCUT2D eigenvalue weighted by molar-refractivity contribution is -0.136. The molecule has 37 heavy (non-hydrogen) atoms. The van der Waals surface area contributed by atoms with Gasteiger partial charge in [0.15, 0.2) is 11.2 Å². The van der Waals surface area contributed by atoms with Gasteiger partial charge in [0.05, 0.1) is 17.8 Å². The standard InChI is InChI=1S/C24H23N9O4/c1-12-6-4-5-7-14(12)11-33-17(15-8-9-37-32-15)10-16(31-33)20-26-19(25)18-21(27-20)28-22(35)24(18,3)23(36)30-29-13(2)34/h4-10H,11H2,1-3H3,(H,29,34)(H,30,36)(H3,25,26,27,28,35). The maximum absolute atomic E-state index is 12.8. The highest BCUT2D eigenvalue weighted by Gasteiger charge is 2.52. The summed E-state index contributed by atoms with van der Waals surface area (Å²) in [5.41, 5.74) is 12.8. The number of anilines is 2. The third-order valence-corrected chi connectivity index (χ3v) is 6.22. The fourth-order valence-electron chi connectivity index (χ4n) is 4.15. The Bertz CT molecular complexity index is 1540. The molecule has 13 nitrogen and oxygen atoms in total. The van der Waals surface area contributed by atoms with Crippen molar-refractivity contribution in [3.8, 4) is 22.9 Å². The van der Waals surface area contributed by atoms with Crippen molar-refractivity contribution in [2.24, 2.45) is 0 Å². The molecule has 4 aromatic rings. The number of carbonyl (C=O) groups excluding carboxylic acids is 3. The number of hydrogen-bond donors (Lipinski definition) is 4. The Balaban J connectivity index is 1.56. The highest BCUT2D eigenvalue weighted by Crippen LogP contribution is 2.41. The normalized spacial score (nSPS) is 16.2. The van der Waals surface area contributed by atoms with Crippen molar-refractivity contribution >= 4 is 29.4 Å². The molecule has 3 aromatic heterocycles. The van der Waals surface area contributed by atoms with E-state index in [-0.39, 0.29) is 23.0 Å². The van der Waals surface area contributed by atoms with Crippen LogP contribution in [0.4, 0.5) is 11.6 Å². The summed E-state index contributed by atoms with van der Waals surface area (Å²) in [5, 5.41) is 11.3. The molecule has 1 aliphatic rings. The van der Waals surface area contributed by atoms with Crippen molar-refractivity contribution in [2.45, 2.75) is 32.7 Å². The number of hydrazine groups is 1. The molecule has 1 aromatic carbocycles. The third kappa shape index (κ3) is 4.05.